The number of benzene rings is 1. The predicted octanol–water partition coefficient (Wildman–Crippen LogP) is 3.05. The second-order valence-corrected chi connectivity index (χ2v) is 5.56. The van der Waals surface area contributed by atoms with Crippen LogP contribution in [0.2, 0.25) is 0 Å². The number of nitrogens with one attached hydrogen (secondary N) is 1. The van der Waals surface area contributed by atoms with Crippen LogP contribution in [0.15, 0.2) is 65.5 Å². The number of halogens is 1. The number of aromatic nitrogens is 3. The first-order valence-electron chi connectivity index (χ1n) is 6.85. The lowest BCUT2D eigenvalue weighted by Crippen LogP contribution is -2.20. The van der Waals surface area contributed by atoms with E-state index in [1.54, 1.807) is 47.5 Å². The Bertz CT molecular complexity index is 771. The standard InChI is InChI=1S/C16H13BrN4O2/c17-12-2-5-14(6-3-12)23-11-16(22)20-13-4-7-15(18-10-13)21-9-1-8-19-21/h1-10H,11H2,(H,20,22). The summed E-state index contributed by atoms with van der Waals surface area (Å²) in [6.45, 7) is -0.0669. The minimum atomic E-state index is -0.249. The smallest absolute Gasteiger partial charge is 0.262 e. The molecule has 0 saturated carbocycles. The van der Waals surface area contributed by atoms with E-state index in [2.05, 4.69) is 31.3 Å². The molecule has 23 heavy (non-hydrogen) atoms. The highest BCUT2D eigenvalue weighted by Gasteiger charge is 2.05. The van der Waals surface area contributed by atoms with Crippen LogP contribution >= 0.6 is 15.9 Å². The molecule has 0 bridgehead atoms. The van der Waals surface area contributed by atoms with Crippen LogP contribution in [0.3, 0.4) is 0 Å². The van der Waals surface area contributed by atoms with E-state index in [0.717, 1.165) is 4.47 Å². The molecule has 3 aromatic rings. The summed E-state index contributed by atoms with van der Waals surface area (Å²) in [6, 6.07) is 12.6. The maximum absolute atomic E-state index is 11.9. The maximum atomic E-state index is 11.9. The Labute approximate surface area is 141 Å². The van der Waals surface area contributed by atoms with Crippen LogP contribution in [0.5, 0.6) is 5.75 Å². The van der Waals surface area contributed by atoms with Crippen molar-refractivity contribution in [1.82, 2.24) is 14.8 Å². The van der Waals surface area contributed by atoms with Gasteiger partial charge in [0.2, 0.25) is 0 Å². The minimum absolute atomic E-state index is 0.0669. The van der Waals surface area contributed by atoms with Crippen molar-refractivity contribution in [3.8, 4) is 11.6 Å². The molecular formula is C16H13BrN4O2. The Hall–Kier alpha value is -2.67. The summed E-state index contributed by atoms with van der Waals surface area (Å²) in [4.78, 5) is 16.1. The Morgan fingerprint density at radius 3 is 2.70 bits per heavy atom. The molecule has 2 heterocycles. The van der Waals surface area contributed by atoms with E-state index >= 15 is 0 Å². The molecule has 3 rings (SSSR count). The summed E-state index contributed by atoms with van der Waals surface area (Å²) in [5, 5.41) is 6.82. The third kappa shape index (κ3) is 4.17. The molecule has 1 aromatic carbocycles. The lowest BCUT2D eigenvalue weighted by Gasteiger charge is -2.08. The van der Waals surface area contributed by atoms with E-state index in [9.17, 15) is 4.79 Å². The second kappa shape index (κ2) is 7.06. The molecular weight excluding hydrogens is 360 g/mol. The van der Waals surface area contributed by atoms with Gasteiger partial charge in [0.15, 0.2) is 12.4 Å². The van der Waals surface area contributed by atoms with Gasteiger partial charge in [-0.3, -0.25) is 4.79 Å². The predicted molar refractivity (Wildman–Crippen MR) is 89.6 cm³/mol. The number of nitrogens with zero attached hydrogens (tertiary/aromatic N) is 3. The molecule has 0 spiro atoms. The fraction of sp³-hybridized carbons (Fsp3) is 0.0625. The molecule has 1 N–H and O–H groups in total. The third-order valence-corrected chi connectivity index (χ3v) is 3.48. The fourth-order valence-electron chi connectivity index (χ4n) is 1.88. The number of carbonyl (C=O) groups excluding carboxylic acids is 1. The van der Waals surface area contributed by atoms with Crippen LogP contribution in [0.1, 0.15) is 0 Å². The molecule has 0 aliphatic carbocycles. The molecule has 0 atom stereocenters. The van der Waals surface area contributed by atoms with Gasteiger partial charge in [-0.15, -0.1) is 0 Å². The van der Waals surface area contributed by atoms with Gasteiger partial charge >= 0.3 is 0 Å². The summed E-state index contributed by atoms with van der Waals surface area (Å²) in [5.41, 5.74) is 0.602. The largest absolute Gasteiger partial charge is 0.484 e. The number of carbonyl (C=O) groups is 1. The van der Waals surface area contributed by atoms with Crippen molar-refractivity contribution in [3.63, 3.8) is 0 Å². The third-order valence-electron chi connectivity index (χ3n) is 2.95. The molecule has 0 unspecified atom stereocenters. The van der Waals surface area contributed by atoms with Gasteiger partial charge in [-0.05, 0) is 42.5 Å². The maximum Gasteiger partial charge on any atom is 0.262 e. The van der Waals surface area contributed by atoms with Crippen molar-refractivity contribution in [2.75, 3.05) is 11.9 Å². The first-order chi connectivity index (χ1) is 11.2. The van der Waals surface area contributed by atoms with Crippen molar-refractivity contribution >= 4 is 27.5 Å². The first-order valence-corrected chi connectivity index (χ1v) is 7.64. The van der Waals surface area contributed by atoms with Crippen molar-refractivity contribution in [2.45, 2.75) is 0 Å². The van der Waals surface area contributed by atoms with E-state index in [0.29, 0.717) is 17.3 Å². The van der Waals surface area contributed by atoms with Crippen molar-refractivity contribution in [2.24, 2.45) is 0 Å². The molecule has 0 aliphatic rings. The number of hydrogen-bond donors (Lipinski definition) is 1. The first kappa shape index (κ1) is 15.2. The van der Waals surface area contributed by atoms with Gasteiger partial charge < -0.3 is 10.1 Å². The number of ether oxygens (including phenoxy) is 1. The van der Waals surface area contributed by atoms with Crippen LogP contribution < -0.4 is 10.1 Å². The highest BCUT2D eigenvalue weighted by molar-refractivity contribution is 9.10. The highest BCUT2D eigenvalue weighted by Crippen LogP contribution is 2.16. The normalized spacial score (nSPS) is 10.3. The Morgan fingerprint density at radius 2 is 2.04 bits per heavy atom. The Kier molecular flexibility index (Phi) is 4.68. The quantitative estimate of drug-likeness (QED) is 0.747. The molecule has 0 saturated heterocycles. The molecule has 0 fully saturated rings. The van der Waals surface area contributed by atoms with Gasteiger partial charge in [-0.1, -0.05) is 15.9 Å². The number of hydrogen-bond acceptors (Lipinski definition) is 4. The van der Waals surface area contributed by atoms with Gasteiger partial charge in [0.1, 0.15) is 5.75 Å². The Balaban J connectivity index is 1.54. The van der Waals surface area contributed by atoms with Gasteiger partial charge in [0.25, 0.3) is 5.91 Å². The topological polar surface area (TPSA) is 69.0 Å². The lowest BCUT2D eigenvalue weighted by atomic mass is 10.3. The number of anilines is 1. The summed E-state index contributed by atoms with van der Waals surface area (Å²) in [7, 11) is 0. The van der Waals surface area contributed by atoms with Crippen LogP contribution in [-0.4, -0.2) is 27.3 Å². The fourth-order valence-corrected chi connectivity index (χ4v) is 2.14. The van der Waals surface area contributed by atoms with Crippen LogP contribution in [0.4, 0.5) is 5.69 Å². The van der Waals surface area contributed by atoms with Gasteiger partial charge in [-0.2, -0.15) is 5.10 Å². The molecule has 7 heteroatoms. The second-order valence-electron chi connectivity index (χ2n) is 4.65. The van der Waals surface area contributed by atoms with E-state index in [-0.39, 0.29) is 12.5 Å². The van der Waals surface area contributed by atoms with Crippen LogP contribution in [0.25, 0.3) is 5.82 Å². The van der Waals surface area contributed by atoms with E-state index in [1.807, 2.05) is 18.2 Å². The van der Waals surface area contributed by atoms with Crippen molar-refractivity contribution < 1.29 is 9.53 Å². The zero-order valence-corrected chi connectivity index (χ0v) is 13.6. The van der Waals surface area contributed by atoms with Crippen molar-refractivity contribution in [3.05, 3.63) is 65.5 Å². The number of amides is 1. The van der Waals surface area contributed by atoms with Crippen LogP contribution in [-0.2, 0) is 4.79 Å². The molecule has 6 nitrogen and oxygen atoms in total. The van der Waals surface area contributed by atoms with E-state index in [4.69, 9.17) is 4.74 Å². The summed E-state index contributed by atoms with van der Waals surface area (Å²) in [5.74, 6) is 1.07. The lowest BCUT2D eigenvalue weighted by molar-refractivity contribution is -0.118. The van der Waals surface area contributed by atoms with E-state index < -0.39 is 0 Å². The summed E-state index contributed by atoms with van der Waals surface area (Å²) >= 11 is 3.34. The van der Waals surface area contributed by atoms with Gasteiger partial charge in [-0.25, -0.2) is 9.67 Å². The zero-order chi connectivity index (χ0) is 16.1. The summed E-state index contributed by atoms with van der Waals surface area (Å²) in [6.07, 6.45) is 5.05. The molecule has 116 valence electrons. The zero-order valence-electron chi connectivity index (χ0n) is 12.0. The number of pyridine rings is 1. The van der Waals surface area contributed by atoms with Crippen molar-refractivity contribution in [1.29, 1.82) is 0 Å². The number of rotatable bonds is 5. The molecule has 2 aromatic heterocycles. The SMILES string of the molecule is O=C(COc1ccc(Br)cc1)Nc1ccc(-n2cccn2)nc1. The molecule has 0 aliphatic heterocycles. The molecule has 0 radical (unpaired) electrons. The van der Waals surface area contributed by atoms with Gasteiger partial charge in [0.05, 0.1) is 11.9 Å². The van der Waals surface area contributed by atoms with Gasteiger partial charge in [0, 0.05) is 16.9 Å². The summed E-state index contributed by atoms with van der Waals surface area (Å²) < 4.78 is 8.01. The minimum Gasteiger partial charge on any atom is -0.484 e. The monoisotopic (exact) mass is 372 g/mol. The van der Waals surface area contributed by atoms with Crippen LogP contribution in [0, 0.1) is 0 Å². The average molecular weight is 373 g/mol. The molecule has 1 amide bonds. The Morgan fingerprint density at radius 1 is 1.22 bits per heavy atom. The van der Waals surface area contributed by atoms with E-state index in [1.165, 1.54) is 0 Å². The average Bonchev–Trinajstić information content (AvgIpc) is 3.09. The highest BCUT2D eigenvalue weighted by atomic mass is 79.9.